The quantitative estimate of drug-likeness (QED) is 0.871. The maximum atomic E-state index is 13.0. The number of aromatic amines is 1. The lowest BCUT2D eigenvalue weighted by molar-refractivity contribution is -0.157. The molecule has 0 spiro atoms. The van der Waals surface area contributed by atoms with Crippen LogP contribution >= 0.6 is 0 Å². The van der Waals surface area contributed by atoms with Crippen LogP contribution in [0.1, 0.15) is 16.9 Å². The zero-order chi connectivity index (χ0) is 18.3. The molecule has 0 aliphatic carbocycles. The lowest BCUT2D eigenvalue weighted by atomic mass is 9.74. The number of aromatic nitrogens is 2. The minimum Gasteiger partial charge on any atom is -0.481 e. The predicted molar refractivity (Wildman–Crippen MR) is 88.9 cm³/mol. The monoisotopic (exact) mass is 359 g/mol. The molecule has 0 radical (unpaired) electrons. The third-order valence-electron chi connectivity index (χ3n) is 5.37. The van der Waals surface area contributed by atoms with Crippen LogP contribution in [0.5, 0.6) is 0 Å². The molecule has 26 heavy (non-hydrogen) atoms. The van der Waals surface area contributed by atoms with E-state index in [1.807, 2.05) is 0 Å². The Labute approximate surface area is 148 Å². The molecule has 2 fully saturated rings. The van der Waals surface area contributed by atoms with Crippen molar-refractivity contribution in [3.05, 3.63) is 41.8 Å². The third kappa shape index (κ3) is 2.66. The zero-order valence-corrected chi connectivity index (χ0v) is 13.9. The van der Waals surface area contributed by atoms with Crippen LogP contribution in [0.2, 0.25) is 0 Å². The van der Waals surface area contributed by atoms with Gasteiger partial charge in [-0.25, -0.2) is 4.39 Å². The minimum atomic E-state index is -0.937. The number of amides is 1. The number of rotatable bonds is 3. The lowest BCUT2D eigenvalue weighted by Crippen LogP contribution is -2.45. The van der Waals surface area contributed by atoms with Gasteiger partial charge in [0.25, 0.3) is 5.91 Å². The van der Waals surface area contributed by atoms with E-state index < -0.39 is 11.4 Å². The van der Waals surface area contributed by atoms with Crippen LogP contribution in [0, 0.1) is 17.2 Å². The van der Waals surface area contributed by atoms with Crippen molar-refractivity contribution in [3.63, 3.8) is 0 Å². The first-order valence-corrected chi connectivity index (χ1v) is 8.41. The fourth-order valence-corrected chi connectivity index (χ4v) is 3.82. The number of nitrogens with zero attached hydrogens (tertiary/aromatic N) is 2. The van der Waals surface area contributed by atoms with E-state index in [9.17, 15) is 19.1 Å². The number of hydrogen-bond donors (Lipinski definition) is 2. The minimum absolute atomic E-state index is 0.167. The number of aliphatic carboxylic acids is 1. The van der Waals surface area contributed by atoms with Crippen molar-refractivity contribution in [3.8, 4) is 11.3 Å². The van der Waals surface area contributed by atoms with Gasteiger partial charge in [0.1, 0.15) is 11.5 Å². The van der Waals surface area contributed by atoms with Crippen LogP contribution in [0.3, 0.4) is 0 Å². The van der Waals surface area contributed by atoms with E-state index >= 15 is 0 Å². The van der Waals surface area contributed by atoms with Gasteiger partial charge in [-0.2, -0.15) is 5.10 Å². The summed E-state index contributed by atoms with van der Waals surface area (Å²) in [5.74, 6) is -1.72. The van der Waals surface area contributed by atoms with Crippen molar-refractivity contribution < 1.29 is 23.8 Å². The fourth-order valence-electron chi connectivity index (χ4n) is 3.82. The van der Waals surface area contributed by atoms with Gasteiger partial charge in [-0.3, -0.25) is 14.7 Å². The molecule has 0 saturated carbocycles. The second kappa shape index (κ2) is 6.21. The molecular weight excluding hydrogens is 341 g/mol. The number of nitrogens with one attached hydrogen (secondary N) is 1. The fraction of sp³-hybridized carbons (Fsp3) is 0.389. The van der Waals surface area contributed by atoms with Gasteiger partial charge in [0, 0.05) is 31.2 Å². The molecule has 1 aromatic carbocycles. The number of carboxylic acid groups (broad SMARTS) is 1. The molecule has 7 nitrogen and oxygen atoms in total. The first-order chi connectivity index (χ1) is 12.5. The second-order valence-electron chi connectivity index (χ2n) is 6.84. The number of benzene rings is 1. The molecule has 8 heteroatoms. The van der Waals surface area contributed by atoms with Gasteiger partial charge in [0.15, 0.2) is 0 Å². The number of hydrogen-bond acceptors (Lipinski definition) is 4. The van der Waals surface area contributed by atoms with Crippen molar-refractivity contribution in [1.82, 2.24) is 15.1 Å². The van der Waals surface area contributed by atoms with Crippen LogP contribution in [0.25, 0.3) is 11.3 Å². The number of H-pyrrole nitrogens is 1. The number of halogens is 1. The highest BCUT2D eigenvalue weighted by molar-refractivity contribution is 5.94. The molecule has 2 saturated heterocycles. The Morgan fingerprint density at radius 3 is 2.81 bits per heavy atom. The number of likely N-dealkylation sites (tertiary alicyclic amines) is 1. The van der Waals surface area contributed by atoms with E-state index in [1.54, 1.807) is 23.1 Å². The Balaban J connectivity index is 1.55. The highest BCUT2D eigenvalue weighted by Gasteiger charge is 2.55. The molecule has 2 aromatic rings. The average Bonchev–Trinajstić information content (AvgIpc) is 3.27. The maximum Gasteiger partial charge on any atom is 0.311 e. The smallest absolute Gasteiger partial charge is 0.311 e. The summed E-state index contributed by atoms with van der Waals surface area (Å²) in [7, 11) is 0. The number of carbonyl (C=O) groups is 2. The summed E-state index contributed by atoms with van der Waals surface area (Å²) in [6.07, 6.45) is 0.403. The summed E-state index contributed by atoms with van der Waals surface area (Å²) in [4.78, 5) is 26.2. The van der Waals surface area contributed by atoms with Crippen LogP contribution in [-0.4, -0.2) is 58.4 Å². The van der Waals surface area contributed by atoms with E-state index in [4.69, 9.17) is 4.74 Å². The average molecular weight is 359 g/mol. The highest BCUT2D eigenvalue weighted by atomic mass is 19.1. The summed E-state index contributed by atoms with van der Waals surface area (Å²) >= 11 is 0. The summed E-state index contributed by atoms with van der Waals surface area (Å²) < 4.78 is 18.5. The Hall–Kier alpha value is -2.74. The van der Waals surface area contributed by atoms with Gasteiger partial charge >= 0.3 is 5.97 Å². The molecule has 0 unspecified atom stereocenters. The number of carboxylic acids is 1. The van der Waals surface area contributed by atoms with Gasteiger partial charge in [0.05, 0.1) is 17.7 Å². The van der Waals surface area contributed by atoms with Gasteiger partial charge in [-0.05, 0) is 36.8 Å². The normalized spacial score (nSPS) is 25.1. The first-order valence-electron chi connectivity index (χ1n) is 8.41. The molecular formula is C18H18FN3O4. The molecule has 136 valence electrons. The second-order valence-corrected chi connectivity index (χ2v) is 6.84. The molecule has 3 heterocycles. The Morgan fingerprint density at radius 1 is 1.35 bits per heavy atom. The van der Waals surface area contributed by atoms with Crippen LogP contribution in [0.15, 0.2) is 30.3 Å². The highest BCUT2D eigenvalue weighted by Crippen LogP contribution is 2.42. The molecule has 2 atom stereocenters. The molecule has 1 amide bonds. The predicted octanol–water partition coefficient (Wildman–Crippen LogP) is 1.78. The van der Waals surface area contributed by atoms with Crippen LogP contribution in [0.4, 0.5) is 4.39 Å². The number of ether oxygens (including phenoxy) is 1. The van der Waals surface area contributed by atoms with E-state index in [0.29, 0.717) is 37.4 Å². The Bertz CT molecular complexity index is 850. The topological polar surface area (TPSA) is 95.5 Å². The maximum absolute atomic E-state index is 13.0. The SMILES string of the molecule is O=C(c1cc(-c2ccc(F)cc2)n[nH]1)N1C[C@H]2COCC[C@@]2(C(=O)O)C1. The van der Waals surface area contributed by atoms with Gasteiger partial charge in [-0.15, -0.1) is 0 Å². The summed E-state index contributed by atoms with van der Waals surface area (Å²) in [6.45, 7) is 1.25. The van der Waals surface area contributed by atoms with Crippen molar-refractivity contribution in [2.45, 2.75) is 6.42 Å². The largest absolute Gasteiger partial charge is 0.481 e. The lowest BCUT2D eigenvalue weighted by Gasteiger charge is -2.33. The Morgan fingerprint density at radius 2 is 2.12 bits per heavy atom. The van der Waals surface area contributed by atoms with Crippen molar-refractivity contribution in [2.75, 3.05) is 26.3 Å². The third-order valence-corrected chi connectivity index (χ3v) is 5.37. The molecule has 4 rings (SSSR count). The van der Waals surface area contributed by atoms with Gasteiger partial charge in [0.2, 0.25) is 0 Å². The van der Waals surface area contributed by atoms with Crippen molar-refractivity contribution >= 4 is 11.9 Å². The van der Waals surface area contributed by atoms with Crippen molar-refractivity contribution in [1.29, 1.82) is 0 Å². The van der Waals surface area contributed by atoms with Crippen LogP contribution in [-0.2, 0) is 9.53 Å². The van der Waals surface area contributed by atoms with Crippen LogP contribution < -0.4 is 0 Å². The summed E-state index contributed by atoms with van der Waals surface area (Å²) in [5, 5.41) is 16.5. The molecule has 2 N–H and O–H groups in total. The van der Waals surface area contributed by atoms with E-state index in [2.05, 4.69) is 10.2 Å². The van der Waals surface area contributed by atoms with Gasteiger partial charge < -0.3 is 14.7 Å². The van der Waals surface area contributed by atoms with E-state index in [0.717, 1.165) is 0 Å². The van der Waals surface area contributed by atoms with E-state index in [1.165, 1.54) is 12.1 Å². The van der Waals surface area contributed by atoms with Crippen molar-refractivity contribution in [2.24, 2.45) is 11.3 Å². The standard InChI is InChI=1S/C18H18FN3O4/c19-13-3-1-11(2-4-13)14-7-15(21-20-14)16(23)22-8-12-9-26-6-5-18(12,10-22)17(24)25/h1-4,7,12H,5-6,8-10H2,(H,20,21)(H,24,25)/t12-,18+/m0/s1. The number of carbonyl (C=O) groups excluding carboxylic acids is 1. The first kappa shape index (κ1) is 16.7. The van der Waals surface area contributed by atoms with E-state index in [-0.39, 0.29) is 29.9 Å². The molecule has 2 aliphatic rings. The van der Waals surface area contributed by atoms with Gasteiger partial charge in [-0.1, -0.05) is 0 Å². The summed E-state index contributed by atoms with van der Waals surface area (Å²) in [5.41, 5.74) is 0.561. The molecule has 1 aromatic heterocycles. The molecule has 0 bridgehead atoms. The number of fused-ring (bicyclic) bond motifs is 1. The Kier molecular flexibility index (Phi) is 3.99. The molecule has 2 aliphatic heterocycles. The zero-order valence-electron chi connectivity index (χ0n) is 13.9. The summed E-state index contributed by atoms with van der Waals surface area (Å²) in [6, 6.07) is 7.42.